The van der Waals surface area contributed by atoms with Crippen molar-refractivity contribution in [3.05, 3.63) is 24.3 Å². The van der Waals surface area contributed by atoms with Gasteiger partial charge in [-0.05, 0) is 38.3 Å². The lowest BCUT2D eigenvalue weighted by molar-refractivity contribution is -0.120. The van der Waals surface area contributed by atoms with Crippen molar-refractivity contribution < 1.29 is 9.59 Å². The Hall–Kier alpha value is -1.18. The van der Waals surface area contributed by atoms with Gasteiger partial charge < -0.3 is 0 Å². The lowest BCUT2D eigenvalue weighted by Crippen LogP contribution is -2.16. The normalized spacial score (nSPS) is 28.6. The molecule has 2 rings (SSSR count). The second-order valence-electron chi connectivity index (χ2n) is 4.35. The van der Waals surface area contributed by atoms with Gasteiger partial charge >= 0.3 is 0 Å². The topological polar surface area (TPSA) is 34.1 Å². The molecule has 0 heterocycles. The van der Waals surface area contributed by atoms with E-state index >= 15 is 0 Å². The van der Waals surface area contributed by atoms with E-state index in [1.807, 2.05) is 12.2 Å². The molecule has 2 nitrogen and oxygen atoms in total. The van der Waals surface area contributed by atoms with E-state index in [4.69, 9.17) is 0 Å². The first-order chi connectivity index (χ1) is 6.61. The number of carbonyl (C=O) groups excluding carboxylic acids is 2. The standard InChI is InChI=1S/C12H14O2/c1-9(13)10-2-5-12(8-10)6-3-11(14)4-7-12/h3-4,6-7,10H,2,5,8H2,1H3. The Kier molecular flexibility index (Phi) is 2.14. The zero-order valence-corrected chi connectivity index (χ0v) is 8.32. The molecule has 0 aliphatic heterocycles. The summed E-state index contributed by atoms with van der Waals surface area (Å²) >= 11 is 0. The zero-order chi connectivity index (χ0) is 10.2. The van der Waals surface area contributed by atoms with E-state index in [9.17, 15) is 9.59 Å². The van der Waals surface area contributed by atoms with E-state index in [-0.39, 0.29) is 22.9 Å². The fourth-order valence-corrected chi connectivity index (χ4v) is 2.36. The maximum Gasteiger partial charge on any atom is 0.178 e. The Morgan fingerprint density at radius 2 is 2.07 bits per heavy atom. The van der Waals surface area contributed by atoms with Crippen LogP contribution in [0.4, 0.5) is 0 Å². The van der Waals surface area contributed by atoms with Gasteiger partial charge in [-0.15, -0.1) is 0 Å². The summed E-state index contributed by atoms with van der Waals surface area (Å²) in [4.78, 5) is 22.2. The monoisotopic (exact) mass is 190 g/mol. The Bertz CT molecular complexity index is 320. The van der Waals surface area contributed by atoms with Gasteiger partial charge in [-0.25, -0.2) is 0 Å². The van der Waals surface area contributed by atoms with Crippen LogP contribution >= 0.6 is 0 Å². The van der Waals surface area contributed by atoms with Gasteiger partial charge in [0, 0.05) is 11.3 Å². The van der Waals surface area contributed by atoms with E-state index in [1.54, 1.807) is 19.1 Å². The van der Waals surface area contributed by atoms with E-state index in [2.05, 4.69) is 0 Å². The van der Waals surface area contributed by atoms with Crippen molar-refractivity contribution in [1.82, 2.24) is 0 Å². The van der Waals surface area contributed by atoms with Crippen LogP contribution in [0.1, 0.15) is 26.2 Å². The van der Waals surface area contributed by atoms with E-state index in [0.717, 1.165) is 19.3 Å². The molecule has 0 N–H and O–H groups in total. The van der Waals surface area contributed by atoms with Crippen molar-refractivity contribution >= 4 is 11.6 Å². The molecule has 0 aromatic heterocycles. The predicted molar refractivity (Wildman–Crippen MR) is 53.7 cm³/mol. The van der Waals surface area contributed by atoms with Gasteiger partial charge in [0.15, 0.2) is 5.78 Å². The maximum absolute atomic E-state index is 11.2. The summed E-state index contributed by atoms with van der Waals surface area (Å²) in [5, 5.41) is 0. The minimum atomic E-state index is 0.00421. The molecule has 0 radical (unpaired) electrons. The second-order valence-corrected chi connectivity index (χ2v) is 4.35. The van der Waals surface area contributed by atoms with Crippen LogP contribution < -0.4 is 0 Å². The molecular weight excluding hydrogens is 176 g/mol. The maximum atomic E-state index is 11.2. The minimum Gasteiger partial charge on any atom is -0.300 e. The van der Waals surface area contributed by atoms with Gasteiger partial charge in [-0.3, -0.25) is 9.59 Å². The molecule has 1 saturated carbocycles. The van der Waals surface area contributed by atoms with Crippen LogP contribution in [0, 0.1) is 11.3 Å². The third-order valence-corrected chi connectivity index (χ3v) is 3.32. The Balaban J connectivity index is 2.14. The van der Waals surface area contributed by atoms with Gasteiger partial charge in [0.05, 0.1) is 0 Å². The lowest BCUT2D eigenvalue weighted by atomic mass is 9.81. The van der Waals surface area contributed by atoms with Gasteiger partial charge in [-0.1, -0.05) is 12.2 Å². The van der Waals surface area contributed by atoms with Crippen LogP contribution in [0.3, 0.4) is 0 Å². The third kappa shape index (κ3) is 1.57. The lowest BCUT2D eigenvalue weighted by Gasteiger charge is -2.22. The highest BCUT2D eigenvalue weighted by Gasteiger charge is 2.37. The second kappa shape index (κ2) is 3.19. The van der Waals surface area contributed by atoms with Crippen molar-refractivity contribution in [2.75, 3.05) is 0 Å². The molecule has 0 aromatic carbocycles. The first-order valence-corrected chi connectivity index (χ1v) is 5.04. The average Bonchev–Trinajstić information content (AvgIpc) is 2.56. The number of allylic oxidation sites excluding steroid dienone is 4. The zero-order valence-electron chi connectivity index (χ0n) is 8.32. The summed E-state index contributed by atoms with van der Waals surface area (Å²) < 4.78 is 0. The van der Waals surface area contributed by atoms with Crippen molar-refractivity contribution in [1.29, 1.82) is 0 Å². The highest BCUT2D eigenvalue weighted by molar-refractivity contribution is 6.00. The van der Waals surface area contributed by atoms with E-state index in [1.165, 1.54) is 0 Å². The van der Waals surface area contributed by atoms with Crippen LogP contribution in [-0.4, -0.2) is 11.6 Å². The smallest absolute Gasteiger partial charge is 0.178 e. The molecule has 0 saturated heterocycles. The molecule has 1 fully saturated rings. The molecule has 74 valence electrons. The summed E-state index contributed by atoms with van der Waals surface area (Å²) in [6.45, 7) is 1.66. The molecule has 0 amide bonds. The number of ketones is 2. The Morgan fingerprint density at radius 1 is 1.43 bits per heavy atom. The highest BCUT2D eigenvalue weighted by atomic mass is 16.1. The first kappa shape index (κ1) is 9.38. The molecule has 0 bridgehead atoms. The summed E-state index contributed by atoms with van der Waals surface area (Å²) in [5.74, 6) is 0.528. The molecule has 2 aliphatic carbocycles. The number of hydrogen-bond acceptors (Lipinski definition) is 2. The largest absolute Gasteiger partial charge is 0.300 e. The summed E-state index contributed by atoms with van der Waals surface area (Å²) in [6.07, 6.45) is 10.0. The minimum absolute atomic E-state index is 0.00421. The van der Waals surface area contributed by atoms with Crippen LogP contribution in [0.15, 0.2) is 24.3 Å². The summed E-state index contributed by atoms with van der Waals surface area (Å²) in [7, 11) is 0. The number of hydrogen-bond donors (Lipinski definition) is 0. The van der Waals surface area contributed by atoms with Crippen LogP contribution in [0.5, 0.6) is 0 Å². The molecule has 1 unspecified atom stereocenters. The SMILES string of the molecule is CC(=O)C1CCC2(C=CC(=O)C=C2)C1. The molecule has 14 heavy (non-hydrogen) atoms. The molecule has 2 heteroatoms. The van der Waals surface area contributed by atoms with Gasteiger partial charge in [0.1, 0.15) is 5.78 Å². The van der Waals surface area contributed by atoms with Crippen molar-refractivity contribution in [3.8, 4) is 0 Å². The predicted octanol–water partition coefficient (Wildman–Crippen LogP) is 2.06. The summed E-state index contributed by atoms with van der Waals surface area (Å²) in [5.41, 5.74) is 0.00421. The van der Waals surface area contributed by atoms with Crippen molar-refractivity contribution in [2.45, 2.75) is 26.2 Å². The fraction of sp³-hybridized carbons (Fsp3) is 0.500. The first-order valence-electron chi connectivity index (χ1n) is 5.04. The molecular formula is C12H14O2. The highest BCUT2D eigenvalue weighted by Crippen LogP contribution is 2.45. The molecule has 2 aliphatic rings. The van der Waals surface area contributed by atoms with Crippen LogP contribution in [0.2, 0.25) is 0 Å². The van der Waals surface area contributed by atoms with Crippen molar-refractivity contribution in [2.24, 2.45) is 11.3 Å². The van der Waals surface area contributed by atoms with Crippen molar-refractivity contribution in [3.63, 3.8) is 0 Å². The number of carbonyl (C=O) groups is 2. The van der Waals surface area contributed by atoms with Gasteiger partial charge in [-0.2, -0.15) is 0 Å². The third-order valence-electron chi connectivity index (χ3n) is 3.32. The number of rotatable bonds is 1. The van der Waals surface area contributed by atoms with Gasteiger partial charge in [0.2, 0.25) is 0 Å². The molecule has 0 aromatic rings. The van der Waals surface area contributed by atoms with E-state index < -0.39 is 0 Å². The quantitative estimate of drug-likeness (QED) is 0.634. The Morgan fingerprint density at radius 3 is 2.57 bits per heavy atom. The molecule has 1 spiro atoms. The molecule has 1 atom stereocenters. The Labute approximate surface area is 83.7 Å². The van der Waals surface area contributed by atoms with Crippen LogP contribution in [0.25, 0.3) is 0 Å². The fourth-order valence-electron chi connectivity index (χ4n) is 2.36. The van der Waals surface area contributed by atoms with Crippen LogP contribution in [-0.2, 0) is 9.59 Å². The summed E-state index contributed by atoms with van der Waals surface area (Å²) in [6, 6.07) is 0. The van der Waals surface area contributed by atoms with E-state index in [0.29, 0.717) is 0 Å². The average molecular weight is 190 g/mol. The van der Waals surface area contributed by atoms with Gasteiger partial charge in [0.25, 0.3) is 0 Å². The number of Topliss-reactive ketones (excluding diaryl/α,β-unsaturated/α-hetero) is 1.